The van der Waals surface area contributed by atoms with Gasteiger partial charge in [-0.2, -0.15) is 0 Å². The van der Waals surface area contributed by atoms with Crippen LogP contribution in [0.25, 0.3) is 0 Å². The Morgan fingerprint density at radius 2 is 1.25 bits per heavy atom. The molecule has 0 saturated heterocycles. The van der Waals surface area contributed by atoms with Gasteiger partial charge < -0.3 is 9.47 Å². The molecule has 0 aliphatic heterocycles. The lowest BCUT2D eigenvalue weighted by Gasteiger charge is -2.13. The SMILES string of the molecule is O=C(OCCOC(=O)C1=CCCCC1)C1=CCCCC1. The van der Waals surface area contributed by atoms with Gasteiger partial charge in [-0.15, -0.1) is 0 Å². The number of carbonyl (C=O) groups excluding carboxylic acids is 2. The molecule has 4 nitrogen and oxygen atoms in total. The van der Waals surface area contributed by atoms with E-state index in [0.29, 0.717) is 0 Å². The number of allylic oxidation sites excluding steroid dienone is 2. The lowest BCUT2D eigenvalue weighted by atomic mass is 10.00. The quantitative estimate of drug-likeness (QED) is 0.573. The third-order valence-electron chi connectivity index (χ3n) is 3.66. The summed E-state index contributed by atoms with van der Waals surface area (Å²) in [6.07, 6.45) is 11.8. The highest BCUT2D eigenvalue weighted by Gasteiger charge is 2.15. The van der Waals surface area contributed by atoms with Crippen molar-refractivity contribution in [2.75, 3.05) is 13.2 Å². The lowest BCUT2D eigenvalue weighted by molar-refractivity contribution is -0.147. The Morgan fingerprint density at radius 3 is 1.60 bits per heavy atom. The smallest absolute Gasteiger partial charge is 0.333 e. The van der Waals surface area contributed by atoms with Crippen molar-refractivity contribution in [3.63, 3.8) is 0 Å². The molecule has 0 heterocycles. The van der Waals surface area contributed by atoms with Gasteiger partial charge in [0.25, 0.3) is 0 Å². The van der Waals surface area contributed by atoms with Gasteiger partial charge in [-0.3, -0.25) is 0 Å². The van der Waals surface area contributed by atoms with Gasteiger partial charge in [0.05, 0.1) is 0 Å². The van der Waals surface area contributed by atoms with E-state index in [0.717, 1.165) is 62.5 Å². The molecule has 0 saturated carbocycles. The standard InChI is InChI=1S/C16H22O4/c17-15(13-7-3-1-4-8-13)19-11-12-20-16(18)14-9-5-2-6-10-14/h7,9H,1-6,8,10-12H2. The van der Waals surface area contributed by atoms with Crippen molar-refractivity contribution in [1.29, 1.82) is 0 Å². The normalized spacial score (nSPS) is 18.8. The second-order valence-electron chi connectivity index (χ2n) is 5.22. The first-order chi connectivity index (χ1) is 9.77. The van der Waals surface area contributed by atoms with Crippen LogP contribution >= 0.6 is 0 Å². The Kier molecular flexibility index (Phi) is 5.84. The van der Waals surface area contributed by atoms with Gasteiger partial charge >= 0.3 is 11.9 Å². The van der Waals surface area contributed by atoms with Crippen LogP contribution in [0.4, 0.5) is 0 Å². The summed E-state index contributed by atoms with van der Waals surface area (Å²) in [5.41, 5.74) is 1.52. The minimum absolute atomic E-state index is 0.134. The molecule has 0 radical (unpaired) electrons. The van der Waals surface area contributed by atoms with Gasteiger partial charge in [0.2, 0.25) is 0 Å². The lowest BCUT2D eigenvalue weighted by Crippen LogP contribution is -2.17. The predicted molar refractivity (Wildman–Crippen MR) is 75.0 cm³/mol. The molecule has 0 aromatic rings. The first-order valence-corrected chi connectivity index (χ1v) is 7.49. The monoisotopic (exact) mass is 278 g/mol. The molecule has 0 amide bonds. The van der Waals surface area contributed by atoms with E-state index in [2.05, 4.69) is 0 Å². The highest BCUT2D eigenvalue weighted by Crippen LogP contribution is 2.19. The average Bonchev–Trinajstić information content (AvgIpc) is 2.53. The molecular weight excluding hydrogens is 256 g/mol. The molecule has 0 unspecified atom stereocenters. The molecule has 20 heavy (non-hydrogen) atoms. The van der Waals surface area contributed by atoms with Gasteiger partial charge in [0, 0.05) is 11.1 Å². The fourth-order valence-electron chi connectivity index (χ4n) is 2.50. The molecule has 0 N–H and O–H groups in total. The van der Waals surface area contributed by atoms with E-state index in [1.54, 1.807) is 0 Å². The van der Waals surface area contributed by atoms with Crippen LogP contribution in [0.15, 0.2) is 23.3 Å². The van der Waals surface area contributed by atoms with Crippen LogP contribution in [-0.2, 0) is 19.1 Å². The van der Waals surface area contributed by atoms with Crippen LogP contribution in [0, 0.1) is 0 Å². The fourth-order valence-corrected chi connectivity index (χ4v) is 2.50. The van der Waals surface area contributed by atoms with Crippen LogP contribution in [0.2, 0.25) is 0 Å². The first kappa shape index (κ1) is 14.8. The number of carbonyl (C=O) groups is 2. The Morgan fingerprint density at radius 1 is 0.800 bits per heavy atom. The minimum Gasteiger partial charge on any atom is -0.459 e. The molecule has 110 valence electrons. The molecule has 2 aliphatic rings. The predicted octanol–water partition coefficient (Wildman–Crippen LogP) is 3.07. The summed E-state index contributed by atoms with van der Waals surface area (Å²) in [5.74, 6) is -0.532. The van der Waals surface area contributed by atoms with E-state index in [4.69, 9.17) is 9.47 Å². The zero-order valence-corrected chi connectivity index (χ0v) is 11.9. The Balaban J connectivity index is 1.63. The van der Waals surface area contributed by atoms with E-state index in [1.807, 2.05) is 12.2 Å². The molecule has 4 heteroatoms. The number of hydrogen-bond donors (Lipinski definition) is 0. The molecule has 2 rings (SSSR count). The summed E-state index contributed by atoms with van der Waals surface area (Å²) in [6, 6.07) is 0. The van der Waals surface area contributed by atoms with E-state index in [-0.39, 0.29) is 25.2 Å². The van der Waals surface area contributed by atoms with Gasteiger partial charge in [-0.1, -0.05) is 12.2 Å². The molecule has 0 aromatic heterocycles. The molecular formula is C16H22O4. The zero-order chi connectivity index (χ0) is 14.2. The molecule has 2 aliphatic carbocycles. The zero-order valence-electron chi connectivity index (χ0n) is 11.9. The topological polar surface area (TPSA) is 52.6 Å². The number of hydrogen-bond acceptors (Lipinski definition) is 4. The van der Waals surface area contributed by atoms with Gasteiger partial charge in [0.15, 0.2) is 0 Å². The van der Waals surface area contributed by atoms with Crippen molar-refractivity contribution in [3.05, 3.63) is 23.3 Å². The number of rotatable bonds is 5. The summed E-state index contributed by atoms with van der Waals surface area (Å²) < 4.78 is 10.2. The van der Waals surface area contributed by atoms with Crippen LogP contribution in [0.3, 0.4) is 0 Å². The van der Waals surface area contributed by atoms with Gasteiger partial charge in [-0.05, 0) is 51.4 Å². The largest absolute Gasteiger partial charge is 0.459 e. The van der Waals surface area contributed by atoms with Crippen molar-refractivity contribution >= 4 is 11.9 Å². The van der Waals surface area contributed by atoms with Crippen LogP contribution in [-0.4, -0.2) is 25.2 Å². The Hall–Kier alpha value is -1.58. The maximum absolute atomic E-state index is 11.7. The maximum Gasteiger partial charge on any atom is 0.333 e. The summed E-state index contributed by atoms with van der Waals surface area (Å²) in [7, 11) is 0. The highest BCUT2D eigenvalue weighted by atomic mass is 16.6. The van der Waals surface area contributed by atoms with Gasteiger partial charge in [0.1, 0.15) is 13.2 Å². The summed E-state index contributed by atoms with van der Waals surface area (Å²) >= 11 is 0. The summed E-state index contributed by atoms with van der Waals surface area (Å²) in [6.45, 7) is 0.268. The Labute approximate surface area is 119 Å². The number of ether oxygens (including phenoxy) is 2. The third kappa shape index (κ3) is 4.51. The van der Waals surface area contributed by atoms with E-state index in [1.165, 1.54) is 0 Å². The number of esters is 2. The van der Waals surface area contributed by atoms with Crippen LogP contribution in [0.1, 0.15) is 51.4 Å². The second-order valence-corrected chi connectivity index (χ2v) is 5.22. The van der Waals surface area contributed by atoms with E-state index < -0.39 is 0 Å². The molecule has 0 fully saturated rings. The van der Waals surface area contributed by atoms with Crippen molar-refractivity contribution in [3.8, 4) is 0 Å². The third-order valence-corrected chi connectivity index (χ3v) is 3.66. The molecule has 0 bridgehead atoms. The highest BCUT2D eigenvalue weighted by molar-refractivity contribution is 5.89. The van der Waals surface area contributed by atoms with Crippen molar-refractivity contribution in [2.45, 2.75) is 51.4 Å². The van der Waals surface area contributed by atoms with Crippen LogP contribution in [0.5, 0.6) is 0 Å². The molecule has 0 aromatic carbocycles. The van der Waals surface area contributed by atoms with E-state index >= 15 is 0 Å². The second kappa shape index (κ2) is 7.88. The van der Waals surface area contributed by atoms with E-state index in [9.17, 15) is 9.59 Å². The Bertz CT molecular complexity index is 380. The molecule has 0 spiro atoms. The minimum atomic E-state index is -0.266. The average molecular weight is 278 g/mol. The maximum atomic E-state index is 11.7. The van der Waals surface area contributed by atoms with Crippen molar-refractivity contribution in [1.82, 2.24) is 0 Å². The first-order valence-electron chi connectivity index (χ1n) is 7.49. The summed E-state index contributed by atoms with van der Waals surface area (Å²) in [5, 5.41) is 0. The fraction of sp³-hybridized carbons (Fsp3) is 0.625. The van der Waals surface area contributed by atoms with Crippen molar-refractivity contribution < 1.29 is 19.1 Å². The van der Waals surface area contributed by atoms with Crippen LogP contribution < -0.4 is 0 Å². The van der Waals surface area contributed by atoms with Crippen molar-refractivity contribution in [2.24, 2.45) is 0 Å². The summed E-state index contributed by atoms with van der Waals surface area (Å²) in [4.78, 5) is 23.4. The molecule has 0 atom stereocenters. The van der Waals surface area contributed by atoms with Gasteiger partial charge in [-0.25, -0.2) is 9.59 Å².